The van der Waals surface area contributed by atoms with Gasteiger partial charge in [0.1, 0.15) is 12.1 Å². The Kier molecular flexibility index (Phi) is 12.0. The van der Waals surface area contributed by atoms with Crippen LogP contribution in [0.3, 0.4) is 0 Å². The smallest absolute Gasteiger partial charge is 0.444 e. The Bertz CT molecular complexity index is 1340. The van der Waals surface area contributed by atoms with Crippen molar-refractivity contribution in [3.63, 3.8) is 0 Å². The molecule has 0 spiro atoms. The van der Waals surface area contributed by atoms with Gasteiger partial charge in [0.25, 0.3) is 0 Å². The summed E-state index contributed by atoms with van der Waals surface area (Å²) in [5.74, 6) is 0.0809. The molecule has 10 heteroatoms. The van der Waals surface area contributed by atoms with Crippen molar-refractivity contribution in [2.75, 3.05) is 6.54 Å². The third-order valence-corrected chi connectivity index (χ3v) is 12.3. The summed E-state index contributed by atoms with van der Waals surface area (Å²) in [5.41, 5.74) is 1.81. The molecule has 5 aliphatic rings. The molecule has 4 fully saturated rings. The number of allylic oxidation sites excluding steroid dienone is 2. The van der Waals surface area contributed by atoms with Crippen LogP contribution < -0.4 is 5.32 Å². The van der Waals surface area contributed by atoms with Crippen LogP contribution in [0.15, 0.2) is 49.6 Å². The lowest BCUT2D eigenvalue weighted by atomic mass is 9.41. The summed E-state index contributed by atoms with van der Waals surface area (Å²) in [6.45, 7) is 17.6. The third kappa shape index (κ3) is 8.11. The quantitative estimate of drug-likeness (QED) is 0.116. The van der Waals surface area contributed by atoms with Crippen molar-refractivity contribution < 1.29 is 28.8 Å². The summed E-state index contributed by atoms with van der Waals surface area (Å²) in [6.07, 6.45) is 11.0. The van der Waals surface area contributed by atoms with Gasteiger partial charge in [-0.1, -0.05) is 76.5 Å². The molecule has 2 bridgehead atoms. The third-order valence-electron chi connectivity index (χ3n) is 12.3. The maximum absolute atomic E-state index is 14.1. The monoisotopic (exact) mass is 675 g/mol. The number of likely N-dealkylation sites (tertiary alicyclic amines) is 1. The SMILES string of the molecule is C=CCCCCCC[C@H](NC(=O)[C@@H]1C[C@@H](OC(=O)N2Cc3ccccc3C2)CN1C(=O)CCC=C)B(O)O[C@@]1(C)C2CC(C[C@H]1C)C2(C)C. The summed E-state index contributed by atoms with van der Waals surface area (Å²) in [4.78, 5) is 43.9. The zero-order valence-electron chi connectivity index (χ0n) is 30.2. The van der Waals surface area contributed by atoms with Crippen LogP contribution in [0.2, 0.25) is 0 Å². The lowest BCUT2D eigenvalue weighted by Crippen LogP contribution is -2.67. The van der Waals surface area contributed by atoms with Gasteiger partial charge >= 0.3 is 13.2 Å². The van der Waals surface area contributed by atoms with Gasteiger partial charge < -0.3 is 24.6 Å². The van der Waals surface area contributed by atoms with Gasteiger partial charge in [-0.2, -0.15) is 0 Å². The fourth-order valence-electron chi connectivity index (χ4n) is 8.96. The number of rotatable bonds is 16. The molecule has 3 saturated carbocycles. The number of ether oxygens (including phenoxy) is 1. The molecule has 3 amide bonds. The molecule has 2 heterocycles. The Morgan fingerprint density at radius 2 is 1.69 bits per heavy atom. The minimum atomic E-state index is -1.20. The Balaban J connectivity index is 1.27. The Hall–Kier alpha value is -3.11. The predicted molar refractivity (Wildman–Crippen MR) is 192 cm³/mol. The molecule has 2 N–H and O–H groups in total. The Morgan fingerprint density at radius 3 is 2.35 bits per heavy atom. The van der Waals surface area contributed by atoms with E-state index in [0.717, 1.165) is 56.1 Å². The summed E-state index contributed by atoms with van der Waals surface area (Å²) in [6, 6.07) is 7.10. The Morgan fingerprint density at radius 1 is 1.02 bits per heavy atom. The molecular weight excluding hydrogens is 617 g/mol. The first-order valence-electron chi connectivity index (χ1n) is 18.6. The Labute approximate surface area is 294 Å². The van der Waals surface area contributed by atoms with E-state index in [9.17, 15) is 19.4 Å². The van der Waals surface area contributed by atoms with Crippen molar-refractivity contribution in [3.8, 4) is 0 Å². The van der Waals surface area contributed by atoms with Crippen molar-refractivity contribution in [2.45, 2.75) is 135 Å². The molecule has 6 rings (SSSR count). The lowest BCUT2D eigenvalue weighted by molar-refractivity contribution is -0.214. The number of fused-ring (bicyclic) bond motifs is 3. The van der Waals surface area contributed by atoms with Gasteiger partial charge in [-0.25, -0.2) is 4.79 Å². The van der Waals surface area contributed by atoms with Crippen molar-refractivity contribution in [1.29, 1.82) is 0 Å². The maximum atomic E-state index is 14.1. The van der Waals surface area contributed by atoms with Gasteiger partial charge in [-0.05, 0) is 79.7 Å². The van der Waals surface area contributed by atoms with Crippen LogP contribution in [-0.4, -0.2) is 70.1 Å². The molecule has 1 aromatic rings. The van der Waals surface area contributed by atoms with E-state index in [1.165, 1.54) is 4.90 Å². The molecule has 1 saturated heterocycles. The van der Waals surface area contributed by atoms with Gasteiger partial charge in [0, 0.05) is 25.9 Å². The van der Waals surface area contributed by atoms with Gasteiger partial charge in [0.05, 0.1) is 18.1 Å². The van der Waals surface area contributed by atoms with Gasteiger partial charge in [-0.3, -0.25) is 14.5 Å². The number of carbonyl (C=O) groups is 3. The number of hydrogen-bond donors (Lipinski definition) is 2. The van der Waals surface area contributed by atoms with E-state index in [-0.39, 0.29) is 42.5 Å². The number of amides is 3. The second-order valence-electron chi connectivity index (χ2n) is 15.8. The van der Waals surface area contributed by atoms with Crippen LogP contribution in [0.25, 0.3) is 0 Å². The van der Waals surface area contributed by atoms with Crippen LogP contribution in [0, 0.1) is 23.2 Å². The van der Waals surface area contributed by atoms with E-state index in [1.54, 1.807) is 11.0 Å². The molecule has 268 valence electrons. The number of unbranched alkanes of at least 4 members (excludes halogenated alkanes) is 4. The van der Waals surface area contributed by atoms with E-state index in [2.05, 4.69) is 46.2 Å². The summed E-state index contributed by atoms with van der Waals surface area (Å²) in [5, 5.41) is 14.8. The van der Waals surface area contributed by atoms with E-state index in [0.29, 0.717) is 37.8 Å². The van der Waals surface area contributed by atoms with Crippen LogP contribution in [0.4, 0.5) is 4.79 Å². The second-order valence-corrected chi connectivity index (χ2v) is 15.8. The van der Waals surface area contributed by atoms with Crippen molar-refractivity contribution in [3.05, 3.63) is 60.7 Å². The average molecular weight is 676 g/mol. The van der Waals surface area contributed by atoms with Gasteiger partial charge in [0.2, 0.25) is 11.8 Å². The highest BCUT2D eigenvalue weighted by Gasteiger charge is 2.63. The number of benzene rings is 1. The zero-order valence-corrected chi connectivity index (χ0v) is 30.2. The standard InChI is InChI=1S/C39H58BN3O6/c1-7-9-11-12-13-14-19-34(40(47)49-39(6)27(3)21-30-22-33(39)38(30,4)5)41-36(45)32-23-31(26-43(32)35(44)20-10-8-2)48-37(46)42-24-28-17-15-16-18-29(28)25-42/h7-8,15-18,27,30-34,47H,1-2,9-14,19-26H2,3-6H3,(H,41,45)/t27-,30?,31-,32+,33?,34+,39-/m1/s1. The van der Waals surface area contributed by atoms with Crippen LogP contribution in [0.5, 0.6) is 0 Å². The van der Waals surface area contributed by atoms with Crippen LogP contribution in [-0.2, 0) is 32.1 Å². The fraction of sp³-hybridized carbons (Fsp3) is 0.667. The van der Waals surface area contributed by atoms with Crippen LogP contribution >= 0.6 is 0 Å². The zero-order chi connectivity index (χ0) is 35.3. The fourth-order valence-corrected chi connectivity index (χ4v) is 8.96. The molecule has 2 aliphatic heterocycles. The molecule has 49 heavy (non-hydrogen) atoms. The average Bonchev–Trinajstić information content (AvgIpc) is 3.70. The van der Waals surface area contributed by atoms with Crippen molar-refractivity contribution in [2.24, 2.45) is 23.2 Å². The van der Waals surface area contributed by atoms with Gasteiger partial charge in [0.15, 0.2) is 0 Å². The number of carbonyl (C=O) groups excluding carboxylic acids is 3. The molecule has 0 aromatic heterocycles. The highest BCUT2D eigenvalue weighted by molar-refractivity contribution is 6.45. The molecule has 7 atom stereocenters. The van der Waals surface area contributed by atoms with Gasteiger partial charge in [-0.15, -0.1) is 13.2 Å². The molecule has 1 aromatic carbocycles. The van der Waals surface area contributed by atoms with Crippen molar-refractivity contribution in [1.82, 2.24) is 15.1 Å². The number of nitrogens with one attached hydrogen (secondary N) is 1. The summed E-state index contributed by atoms with van der Waals surface area (Å²) in [7, 11) is -1.20. The first kappa shape index (κ1) is 37.2. The molecule has 0 radical (unpaired) electrons. The number of nitrogens with zero attached hydrogens (tertiary/aromatic N) is 2. The molecule has 3 aliphatic carbocycles. The lowest BCUT2D eigenvalue weighted by Gasteiger charge is -2.66. The highest BCUT2D eigenvalue weighted by Crippen LogP contribution is 2.65. The molecule has 9 nitrogen and oxygen atoms in total. The summed E-state index contributed by atoms with van der Waals surface area (Å²) < 4.78 is 12.6. The van der Waals surface area contributed by atoms with Crippen molar-refractivity contribution >= 4 is 25.0 Å². The van der Waals surface area contributed by atoms with Crippen LogP contribution in [0.1, 0.15) is 109 Å². The van der Waals surface area contributed by atoms with E-state index in [1.807, 2.05) is 30.3 Å². The minimum Gasteiger partial charge on any atom is -0.444 e. The summed E-state index contributed by atoms with van der Waals surface area (Å²) >= 11 is 0. The minimum absolute atomic E-state index is 0.140. The molecule has 2 unspecified atom stereocenters. The first-order valence-corrected chi connectivity index (χ1v) is 18.6. The molecular formula is C39H58BN3O6. The maximum Gasteiger partial charge on any atom is 0.478 e. The number of hydrogen-bond acceptors (Lipinski definition) is 6. The topological polar surface area (TPSA) is 108 Å². The second kappa shape index (κ2) is 15.8. The predicted octanol–water partition coefficient (Wildman–Crippen LogP) is 6.58. The van der Waals surface area contributed by atoms with E-state index < -0.39 is 36.9 Å². The highest BCUT2D eigenvalue weighted by atomic mass is 16.6. The normalized spacial score (nSPS) is 28.6. The van der Waals surface area contributed by atoms with E-state index in [4.69, 9.17) is 9.39 Å². The first-order chi connectivity index (χ1) is 23.4. The largest absolute Gasteiger partial charge is 0.478 e. The van der Waals surface area contributed by atoms with E-state index >= 15 is 0 Å².